The van der Waals surface area contributed by atoms with Gasteiger partial charge in [0.2, 0.25) is 0 Å². The molecule has 0 spiro atoms. The number of hydrogen-bond donors (Lipinski definition) is 0. The standard InChI is InChI=1S/C15H16O5/c1-11-13(10-19-15(17)20-11)9-18-14(16)8-7-12-5-3-2-4-6-12/h2-8,11,13H,9-10H2,1H3/b8-7+. The lowest BCUT2D eigenvalue weighted by atomic mass is 10.1. The van der Waals surface area contributed by atoms with Gasteiger partial charge in [0.1, 0.15) is 19.3 Å². The molecule has 20 heavy (non-hydrogen) atoms. The zero-order chi connectivity index (χ0) is 14.4. The van der Waals surface area contributed by atoms with Gasteiger partial charge in [0.15, 0.2) is 0 Å². The Morgan fingerprint density at radius 2 is 2.15 bits per heavy atom. The number of benzene rings is 1. The van der Waals surface area contributed by atoms with E-state index < -0.39 is 12.1 Å². The molecule has 2 rings (SSSR count). The maximum absolute atomic E-state index is 11.6. The summed E-state index contributed by atoms with van der Waals surface area (Å²) in [7, 11) is 0. The summed E-state index contributed by atoms with van der Waals surface area (Å²) in [5, 5.41) is 0. The normalized spacial score (nSPS) is 22.1. The number of rotatable bonds is 4. The van der Waals surface area contributed by atoms with E-state index in [9.17, 15) is 9.59 Å². The molecule has 106 valence electrons. The summed E-state index contributed by atoms with van der Waals surface area (Å²) in [6.45, 7) is 2.11. The number of ether oxygens (including phenoxy) is 3. The summed E-state index contributed by atoms with van der Waals surface area (Å²) in [6, 6.07) is 9.46. The average Bonchev–Trinajstić information content (AvgIpc) is 2.45. The smallest absolute Gasteiger partial charge is 0.462 e. The van der Waals surface area contributed by atoms with E-state index in [0.29, 0.717) is 0 Å². The summed E-state index contributed by atoms with van der Waals surface area (Å²) in [6.07, 6.45) is 2.06. The molecule has 1 aromatic carbocycles. The predicted molar refractivity (Wildman–Crippen MR) is 71.8 cm³/mol. The first-order chi connectivity index (χ1) is 9.65. The number of carbonyl (C=O) groups excluding carboxylic acids is 2. The molecule has 0 bridgehead atoms. The first-order valence-corrected chi connectivity index (χ1v) is 6.38. The van der Waals surface area contributed by atoms with Crippen molar-refractivity contribution in [2.45, 2.75) is 13.0 Å². The SMILES string of the molecule is CC1OC(=O)OCC1COC(=O)/C=C/c1ccccc1. The van der Waals surface area contributed by atoms with Gasteiger partial charge in [-0.25, -0.2) is 9.59 Å². The lowest BCUT2D eigenvalue weighted by molar-refractivity contribution is -0.143. The molecule has 0 N–H and O–H groups in total. The Labute approximate surface area is 117 Å². The van der Waals surface area contributed by atoms with Crippen LogP contribution in [0.15, 0.2) is 36.4 Å². The van der Waals surface area contributed by atoms with E-state index in [2.05, 4.69) is 0 Å². The second-order valence-corrected chi connectivity index (χ2v) is 4.52. The van der Waals surface area contributed by atoms with Crippen LogP contribution < -0.4 is 0 Å². The molecule has 0 amide bonds. The van der Waals surface area contributed by atoms with Crippen molar-refractivity contribution in [1.29, 1.82) is 0 Å². The molecule has 2 atom stereocenters. The predicted octanol–water partition coefficient (Wildman–Crippen LogP) is 2.41. The van der Waals surface area contributed by atoms with Gasteiger partial charge in [0.05, 0.1) is 5.92 Å². The Kier molecular flexibility index (Phi) is 4.76. The van der Waals surface area contributed by atoms with Crippen molar-refractivity contribution >= 4 is 18.2 Å². The number of esters is 1. The molecular weight excluding hydrogens is 260 g/mol. The Morgan fingerprint density at radius 1 is 1.40 bits per heavy atom. The Balaban J connectivity index is 1.78. The first-order valence-electron chi connectivity index (χ1n) is 6.38. The van der Waals surface area contributed by atoms with Crippen LogP contribution in [0.1, 0.15) is 12.5 Å². The van der Waals surface area contributed by atoms with Gasteiger partial charge in [0.25, 0.3) is 0 Å². The molecule has 2 unspecified atom stereocenters. The van der Waals surface area contributed by atoms with E-state index in [4.69, 9.17) is 14.2 Å². The molecule has 0 aliphatic carbocycles. The largest absolute Gasteiger partial charge is 0.508 e. The van der Waals surface area contributed by atoms with Crippen molar-refractivity contribution in [1.82, 2.24) is 0 Å². The molecule has 1 aliphatic heterocycles. The van der Waals surface area contributed by atoms with Crippen molar-refractivity contribution in [3.8, 4) is 0 Å². The Morgan fingerprint density at radius 3 is 2.85 bits per heavy atom. The number of carbonyl (C=O) groups is 2. The van der Waals surface area contributed by atoms with Crippen LogP contribution in [0.3, 0.4) is 0 Å². The molecule has 1 heterocycles. The molecule has 1 saturated heterocycles. The lowest BCUT2D eigenvalue weighted by Crippen LogP contribution is -2.37. The van der Waals surface area contributed by atoms with E-state index >= 15 is 0 Å². The lowest BCUT2D eigenvalue weighted by Gasteiger charge is -2.27. The van der Waals surface area contributed by atoms with Crippen LogP contribution in [0.2, 0.25) is 0 Å². The average molecular weight is 276 g/mol. The zero-order valence-corrected chi connectivity index (χ0v) is 11.2. The van der Waals surface area contributed by atoms with E-state index in [1.165, 1.54) is 6.08 Å². The Hall–Kier alpha value is -2.30. The van der Waals surface area contributed by atoms with E-state index in [0.717, 1.165) is 5.56 Å². The summed E-state index contributed by atoms with van der Waals surface area (Å²) in [5.74, 6) is -0.570. The van der Waals surface area contributed by atoms with E-state index in [1.54, 1.807) is 13.0 Å². The van der Waals surface area contributed by atoms with Gasteiger partial charge in [-0.3, -0.25) is 0 Å². The van der Waals surface area contributed by atoms with Crippen molar-refractivity contribution in [3.63, 3.8) is 0 Å². The van der Waals surface area contributed by atoms with Gasteiger partial charge < -0.3 is 14.2 Å². The van der Waals surface area contributed by atoms with Crippen molar-refractivity contribution in [2.75, 3.05) is 13.2 Å². The van der Waals surface area contributed by atoms with Gasteiger partial charge in [-0.15, -0.1) is 0 Å². The molecule has 5 nitrogen and oxygen atoms in total. The fraction of sp³-hybridized carbons (Fsp3) is 0.333. The van der Waals surface area contributed by atoms with Crippen LogP contribution in [-0.4, -0.2) is 31.4 Å². The highest BCUT2D eigenvalue weighted by molar-refractivity contribution is 5.87. The third-order valence-corrected chi connectivity index (χ3v) is 3.01. The fourth-order valence-corrected chi connectivity index (χ4v) is 1.74. The van der Waals surface area contributed by atoms with Gasteiger partial charge in [-0.05, 0) is 18.6 Å². The van der Waals surface area contributed by atoms with E-state index in [1.807, 2.05) is 30.3 Å². The van der Waals surface area contributed by atoms with Gasteiger partial charge in [0, 0.05) is 6.08 Å². The van der Waals surface area contributed by atoms with Crippen LogP contribution in [0.25, 0.3) is 6.08 Å². The second-order valence-electron chi connectivity index (χ2n) is 4.52. The van der Waals surface area contributed by atoms with Crippen LogP contribution in [0.5, 0.6) is 0 Å². The monoisotopic (exact) mass is 276 g/mol. The highest BCUT2D eigenvalue weighted by Crippen LogP contribution is 2.16. The summed E-state index contributed by atoms with van der Waals surface area (Å²) >= 11 is 0. The first kappa shape index (κ1) is 14.1. The summed E-state index contributed by atoms with van der Waals surface area (Å²) in [4.78, 5) is 22.4. The van der Waals surface area contributed by atoms with Crippen LogP contribution in [0, 0.1) is 5.92 Å². The quantitative estimate of drug-likeness (QED) is 0.624. The molecule has 1 aliphatic rings. The topological polar surface area (TPSA) is 61.8 Å². The molecular formula is C15H16O5. The third kappa shape index (κ3) is 4.12. The van der Waals surface area contributed by atoms with Gasteiger partial charge in [-0.2, -0.15) is 0 Å². The van der Waals surface area contributed by atoms with Gasteiger partial charge >= 0.3 is 12.1 Å². The van der Waals surface area contributed by atoms with E-state index in [-0.39, 0.29) is 25.2 Å². The van der Waals surface area contributed by atoms with Gasteiger partial charge in [-0.1, -0.05) is 30.3 Å². The Bertz CT molecular complexity index is 494. The minimum Gasteiger partial charge on any atom is -0.462 e. The second kappa shape index (κ2) is 6.75. The maximum Gasteiger partial charge on any atom is 0.508 e. The fourth-order valence-electron chi connectivity index (χ4n) is 1.74. The van der Waals surface area contributed by atoms with Crippen LogP contribution in [-0.2, 0) is 19.0 Å². The summed E-state index contributed by atoms with van der Waals surface area (Å²) < 4.78 is 14.8. The molecule has 0 aromatic heterocycles. The molecule has 5 heteroatoms. The van der Waals surface area contributed by atoms with Crippen molar-refractivity contribution in [3.05, 3.63) is 42.0 Å². The van der Waals surface area contributed by atoms with Crippen LogP contribution >= 0.6 is 0 Å². The number of hydrogen-bond acceptors (Lipinski definition) is 5. The molecule has 0 saturated carbocycles. The zero-order valence-electron chi connectivity index (χ0n) is 11.2. The highest BCUT2D eigenvalue weighted by atomic mass is 16.7. The molecule has 0 radical (unpaired) electrons. The third-order valence-electron chi connectivity index (χ3n) is 3.01. The van der Waals surface area contributed by atoms with Crippen molar-refractivity contribution in [2.24, 2.45) is 5.92 Å². The maximum atomic E-state index is 11.6. The number of cyclic esters (lactones) is 2. The minimum absolute atomic E-state index is 0.137. The molecule has 1 fully saturated rings. The summed E-state index contributed by atoms with van der Waals surface area (Å²) in [5.41, 5.74) is 0.924. The van der Waals surface area contributed by atoms with Crippen molar-refractivity contribution < 1.29 is 23.8 Å². The van der Waals surface area contributed by atoms with Crippen LogP contribution in [0.4, 0.5) is 4.79 Å². The minimum atomic E-state index is -0.677. The highest BCUT2D eigenvalue weighted by Gasteiger charge is 2.29. The molecule has 1 aromatic rings.